The average Bonchev–Trinajstić information content (AvgIpc) is 2.81. The van der Waals surface area contributed by atoms with Gasteiger partial charge in [-0.05, 0) is 53.9 Å². The molecule has 33 heavy (non-hydrogen) atoms. The van der Waals surface area contributed by atoms with Crippen molar-refractivity contribution in [2.75, 3.05) is 6.61 Å². The van der Waals surface area contributed by atoms with E-state index in [2.05, 4.69) is 5.32 Å². The fourth-order valence-electron chi connectivity index (χ4n) is 4.02. The van der Waals surface area contributed by atoms with Crippen molar-refractivity contribution in [3.63, 3.8) is 0 Å². The van der Waals surface area contributed by atoms with Gasteiger partial charge in [-0.15, -0.1) is 0 Å². The second-order valence-corrected chi connectivity index (χ2v) is 7.80. The van der Waals surface area contributed by atoms with Crippen molar-refractivity contribution in [1.82, 2.24) is 10.2 Å². The van der Waals surface area contributed by atoms with Gasteiger partial charge in [-0.2, -0.15) is 0 Å². The highest BCUT2D eigenvalue weighted by Gasteiger charge is 2.36. The Balaban J connectivity index is 1.73. The molecule has 1 aliphatic rings. The van der Waals surface area contributed by atoms with E-state index in [1.54, 1.807) is 26.0 Å². The van der Waals surface area contributed by atoms with Crippen molar-refractivity contribution >= 4 is 28.7 Å². The molecule has 3 aromatic rings. The zero-order valence-electron chi connectivity index (χ0n) is 18.4. The molecule has 2 N–H and O–H groups in total. The SMILES string of the molecule is CCOC(=O)C1=C(C)N(Cc2ccc(C(=O)O)cc2)C(=O)NC1c1ccc2ccccc2c1. The second kappa shape index (κ2) is 9.16. The third-order valence-corrected chi connectivity index (χ3v) is 5.74. The molecule has 0 aliphatic carbocycles. The molecule has 0 saturated heterocycles. The highest BCUT2D eigenvalue weighted by atomic mass is 16.5. The van der Waals surface area contributed by atoms with Crippen LogP contribution < -0.4 is 5.32 Å². The summed E-state index contributed by atoms with van der Waals surface area (Å²) in [6.07, 6.45) is 0. The van der Waals surface area contributed by atoms with Crippen molar-refractivity contribution in [2.24, 2.45) is 0 Å². The van der Waals surface area contributed by atoms with Crippen LogP contribution in [0, 0.1) is 0 Å². The molecule has 0 aromatic heterocycles. The van der Waals surface area contributed by atoms with Gasteiger partial charge in [0.2, 0.25) is 0 Å². The minimum atomic E-state index is -1.02. The monoisotopic (exact) mass is 444 g/mol. The molecule has 2 amide bonds. The zero-order valence-corrected chi connectivity index (χ0v) is 18.4. The molecule has 1 atom stereocenters. The first-order valence-electron chi connectivity index (χ1n) is 10.7. The first-order chi connectivity index (χ1) is 15.9. The van der Waals surface area contributed by atoms with Crippen molar-refractivity contribution < 1.29 is 24.2 Å². The maximum absolute atomic E-state index is 13.1. The van der Waals surface area contributed by atoms with Crippen molar-refractivity contribution in [3.05, 3.63) is 94.7 Å². The summed E-state index contributed by atoms with van der Waals surface area (Å²) in [4.78, 5) is 38.6. The number of hydrogen-bond acceptors (Lipinski definition) is 4. The molecule has 168 valence electrons. The van der Waals surface area contributed by atoms with Crippen LogP contribution in [0.2, 0.25) is 0 Å². The van der Waals surface area contributed by atoms with Gasteiger partial charge in [0.25, 0.3) is 0 Å². The predicted octanol–water partition coefficient (Wildman–Crippen LogP) is 4.64. The highest BCUT2D eigenvalue weighted by molar-refractivity contribution is 5.95. The Hall–Kier alpha value is -4.13. The highest BCUT2D eigenvalue weighted by Crippen LogP contribution is 2.33. The largest absolute Gasteiger partial charge is 0.478 e. The Bertz CT molecular complexity index is 1260. The maximum Gasteiger partial charge on any atom is 0.338 e. The lowest BCUT2D eigenvalue weighted by molar-refractivity contribution is -0.139. The third kappa shape index (κ3) is 4.43. The number of amides is 2. The topological polar surface area (TPSA) is 95.9 Å². The van der Waals surface area contributed by atoms with Gasteiger partial charge >= 0.3 is 18.0 Å². The Labute approximate surface area is 191 Å². The number of benzene rings is 3. The van der Waals surface area contributed by atoms with Gasteiger partial charge in [0, 0.05) is 5.70 Å². The van der Waals surface area contributed by atoms with Crippen molar-refractivity contribution in [3.8, 4) is 0 Å². The molecular formula is C26H24N2O5. The van der Waals surface area contributed by atoms with E-state index in [1.807, 2.05) is 42.5 Å². The van der Waals surface area contributed by atoms with Crippen LogP contribution in [0.3, 0.4) is 0 Å². The molecule has 0 spiro atoms. The molecule has 3 aromatic carbocycles. The summed E-state index contributed by atoms with van der Waals surface area (Å²) in [5, 5.41) is 14.1. The van der Waals surface area contributed by atoms with E-state index in [0.717, 1.165) is 21.9 Å². The van der Waals surface area contributed by atoms with Crippen LogP contribution >= 0.6 is 0 Å². The predicted molar refractivity (Wildman–Crippen MR) is 123 cm³/mol. The lowest BCUT2D eigenvalue weighted by atomic mass is 9.93. The number of nitrogens with zero attached hydrogens (tertiary/aromatic N) is 1. The lowest BCUT2D eigenvalue weighted by Crippen LogP contribution is -2.47. The maximum atomic E-state index is 13.1. The van der Waals surface area contributed by atoms with Gasteiger partial charge in [0.1, 0.15) is 0 Å². The van der Waals surface area contributed by atoms with Crippen LogP contribution in [0.5, 0.6) is 0 Å². The molecule has 1 heterocycles. The number of carboxylic acid groups (broad SMARTS) is 1. The fourth-order valence-corrected chi connectivity index (χ4v) is 4.02. The molecule has 4 rings (SSSR count). The van der Waals surface area contributed by atoms with Gasteiger partial charge in [0.15, 0.2) is 0 Å². The second-order valence-electron chi connectivity index (χ2n) is 7.80. The van der Waals surface area contributed by atoms with E-state index in [4.69, 9.17) is 9.84 Å². The molecule has 0 radical (unpaired) electrons. The molecule has 1 unspecified atom stereocenters. The first kappa shape index (κ1) is 22.1. The van der Waals surface area contributed by atoms with E-state index in [1.165, 1.54) is 17.0 Å². The van der Waals surface area contributed by atoms with Gasteiger partial charge in [0.05, 0.1) is 30.3 Å². The number of carbonyl (C=O) groups is 3. The smallest absolute Gasteiger partial charge is 0.338 e. The number of aromatic carboxylic acids is 1. The molecular weight excluding hydrogens is 420 g/mol. The summed E-state index contributed by atoms with van der Waals surface area (Å²) in [7, 11) is 0. The van der Waals surface area contributed by atoms with E-state index < -0.39 is 18.0 Å². The van der Waals surface area contributed by atoms with Crippen LogP contribution in [0.25, 0.3) is 10.8 Å². The Kier molecular flexibility index (Phi) is 6.13. The summed E-state index contributed by atoms with van der Waals surface area (Å²) < 4.78 is 5.33. The Morgan fingerprint density at radius 3 is 2.39 bits per heavy atom. The van der Waals surface area contributed by atoms with Gasteiger partial charge in [-0.25, -0.2) is 14.4 Å². The zero-order chi connectivity index (χ0) is 23.5. The Morgan fingerprint density at radius 2 is 1.73 bits per heavy atom. The number of fused-ring (bicyclic) bond motifs is 1. The van der Waals surface area contributed by atoms with Crippen LogP contribution in [-0.4, -0.2) is 34.6 Å². The number of carbonyl (C=O) groups excluding carboxylic acids is 2. The minimum Gasteiger partial charge on any atom is -0.478 e. The van der Waals surface area contributed by atoms with Crippen LogP contribution in [-0.2, 0) is 16.1 Å². The molecule has 7 heteroatoms. The lowest BCUT2D eigenvalue weighted by Gasteiger charge is -2.35. The normalized spacial score (nSPS) is 16.0. The fraction of sp³-hybridized carbons (Fsp3) is 0.192. The number of urea groups is 1. The van der Waals surface area contributed by atoms with E-state index in [9.17, 15) is 14.4 Å². The molecule has 0 saturated carbocycles. The number of rotatable bonds is 6. The van der Waals surface area contributed by atoms with Crippen molar-refractivity contribution in [1.29, 1.82) is 0 Å². The van der Waals surface area contributed by atoms with E-state index >= 15 is 0 Å². The van der Waals surface area contributed by atoms with Crippen LogP contribution in [0.1, 0.15) is 41.4 Å². The quantitative estimate of drug-likeness (QED) is 0.540. The molecule has 0 bridgehead atoms. The van der Waals surface area contributed by atoms with E-state index in [-0.39, 0.29) is 24.7 Å². The summed E-state index contributed by atoms with van der Waals surface area (Å²) in [6, 6.07) is 19.0. The van der Waals surface area contributed by atoms with Crippen LogP contribution in [0.15, 0.2) is 78.0 Å². The number of ether oxygens (including phenoxy) is 1. The van der Waals surface area contributed by atoms with Gasteiger partial charge in [-0.1, -0.05) is 48.5 Å². The third-order valence-electron chi connectivity index (χ3n) is 5.74. The molecule has 1 aliphatic heterocycles. The van der Waals surface area contributed by atoms with Gasteiger partial charge in [-0.3, -0.25) is 4.90 Å². The molecule has 0 fully saturated rings. The summed E-state index contributed by atoms with van der Waals surface area (Å²) >= 11 is 0. The minimum absolute atomic E-state index is 0.165. The standard InChI is InChI=1S/C26H24N2O5/c1-3-33-25(31)22-16(2)28(15-17-8-10-19(11-9-17)24(29)30)26(32)27-23(22)21-13-12-18-6-4-5-7-20(18)14-21/h4-14,23H,3,15H2,1-2H3,(H,27,32)(H,29,30). The van der Waals surface area contributed by atoms with E-state index in [0.29, 0.717) is 11.3 Å². The molecule has 7 nitrogen and oxygen atoms in total. The van der Waals surface area contributed by atoms with Crippen molar-refractivity contribution in [2.45, 2.75) is 26.4 Å². The number of hydrogen-bond donors (Lipinski definition) is 2. The van der Waals surface area contributed by atoms with Crippen LogP contribution in [0.4, 0.5) is 4.79 Å². The Morgan fingerprint density at radius 1 is 1.03 bits per heavy atom. The number of nitrogens with one attached hydrogen (secondary N) is 1. The number of esters is 1. The number of allylic oxidation sites excluding steroid dienone is 1. The summed E-state index contributed by atoms with van der Waals surface area (Å²) in [6.45, 7) is 3.86. The first-order valence-corrected chi connectivity index (χ1v) is 10.7. The summed E-state index contributed by atoms with van der Waals surface area (Å²) in [5.41, 5.74) is 2.56. The number of carboxylic acids is 1. The summed E-state index contributed by atoms with van der Waals surface area (Å²) in [5.74, 6) is -1.50. The van der Waals surface area contributed by atoms with Gasteiger partial charge < -0.3 is 15.2 Å². The average molecular weight is 444 g/mol.